The molecule has 28 heavy (non-hydrogen) atoms. The molecule has 2 amide bonds. The molecule has 7 nitrogen and oxygen atoms in total. The van der Waals surface area contributed by atoms with E-state index in [9.17, 15) is 9.59 Å². The largest absolute Gasteiger partial charge is 0.455 e. The van der Waals surface area contributed by atoms with Crippen LogP contribution in [0.4, 0.5) is 10.5 Å². The Hall–Kier alpha value is -2.51. The van der Waals surface area contributed by atoms with E-state index in [0.717, 1.165) is 12.0 Å². The van der Waals surface area contributed by atoms with Crippen LogP contribution in [0, 0.1) is 6.92 Å². The lowest BCUT2D eigenvalue weighted by atomic mass is 9.93. The Labute approximate surface area is 172 Å². The number of hydrogen-bond donors (Lipinski definition) is 2. The minimum atomic E-state index is -0.628. The first-order valence-electron chi connectivity index (χ1n) is 8.79. The highest BCUT2D eigenvalue weighted by Gasteiger charge is 2.28. The second-order valence-electron chi connectivity index (χ2n) is 6.15. The number of hydrazone groups is 1. The fourth-order valence-electron chi connectivity index (χ4n) is 3.05. The number of amides is 2. The van der Waals surface area contributed by atoms with Gasteiger partial charge in [-0.15, -0.1) is 0 Å². The lowest BCUT2D eigenvalue weighted by Crippen LogP contribution is -2.22. The van der Waals surface area contributed by atoms with Gasteiger partial charge in [0.1, 0.15) is 5.76 Å². The SMILES string of the molecule is CCOC(=O)N/N=C1\CCCc2oc(C(=O)Nc3cccc(Cl)c3Cl)c(C)c21. The normalized spacial score (nSPS) is 14.5. The molecule has 0 radical (unpaired) electrons. The summed E-state index contributed by atoms with van der Waals surface area (Å²) in [6.45, 7) is 3.74. The van der Waals surface area contributed by atoms with E-state index < -0.39 is 12.0 Å². The molecule has 148 valence electrons. The van der Waals surface area contributed by atoms with Crippen molar-refractivity contribution in [1.29, 1.82) is 0 Å². The Balaban J connectivity index is 1.87. The smallest absolute Gasteiger partial charge is 0.427 e. The first kappa shape index (κ1) is 20.2. The summed E-state index contributed by atoms with van der Waals surface area (Å²) in [5.41, 5.74) is 4.80. The lowest BCUT2D eigenvalue weighted by Gasteiger charge is -2.13. The van der Waals surface area contributed by atoms with Gasteiger partial charge in [-0.2, -0.15) is 5.10 Å². The number of rotatable bonds is 4. The Bertz CT molecular complexity index is 953. The van der Waals surface area contributed by atoms with Crippen LogP contribution in [0.5, 0.6) is 0 Å². The van der Waals surface area contributed by atoms with Crippen LogP contribution in [0.15, 0.2) is 27.7 Å². The van der Waals surface area contributed by atoms with Gasteiger partial charge in [-0.25, -0.2) is 10.2 Å². The Kier molecular flexibility index (Phi) is 6.26. The summed E-state index contributed by atoms with van der Waals surface area (Å²) >= 11 is 12.1. The Morgan fingerprint density at radius 2 is 2.07 bits per heavy atom. The first-order valence-corrected chi connectivity index (χ1v) is 9.55. The molecule has 2 N–H and O–H groups in total. The van der Waals surface area contributed by atoms with Gasteiger partial charge in [0, 0.05) is 17.5 Å². The van der Waals surface area contributed by atoms with E-state index in [1.165, 1.54) is 0 Å². The van der Waals surface area contributed by atoms with Crippen LogP contribution in [0.3, 0.4) is 0 Å². The predicted octanol–water partition coefficient (Wildman–Crippen LogP) is 4.93. The summed E-state index contributed by atoms with van der Waals surface area (Å²) in [7, 11) is 0. The number of nitrogens with one attached hydrogen (secondary N) is 2. The maximum absolute atomic E-state index is 12.7. The van der Waals surface area contributed by atoms with Gasteiger partial charge in [-0.3, -0.25) is 4.79 Å². The van der Waals surface area contributed by atoms with Crippen molar-refractivity contribution in [3.8, 4) is 0 Å². The van der Waals surface area contributed by atoms with Crippen LogP contribution in [0.2, 0.25) is 10.0 Å². The molecule has 0 fully saturated rings. The van der Waals surface area contributed by atoms with Gasteiger partial charge in [-0.1, -0.05) is 29.3 Å². The highest BCUT2D eigenvalue weighted by Crippen LogP contribution is 2.32. The van der Waals surface area contributed by atoms with Crippen molar-refractivity contribution in [2.45, 2.75) is 33.1 Å². The molecule has 0 bridgehead atoms. The summed E-state index contributed by atoms with van der Waals surface area (Å²) in [5.74, 6) is 0.399. The minimum absolute atomic E-state index is 0.173. The zero-order valence-corrected chi connectivity index (χ0v) is 16.9. The summed E-state index contributed by atoms with van der Waals surface area (Å²) in [5, 5.41) is 7.47. The topological polar surface area (TPSA) is 92.9 Å². The maximum Gasteiger partial charge on any atom is 0.427 e. The number of carbonyl (C=O) groups is 2. The number of furan rings is 1. The van der Waals surface area contributed by atoms with Gasteiger partial charge in [0.25, 0.3) is 5.91 Å². The highest BCUT2D eigenvalue weighted by atomic mass is 35.5. The molecule has 0 saturated carbocycles. The molecule has 0 saturated heterocycles. The van der Waals surface area contributed by atoms with Crippen LogP contribution >= 0.6 is 23.2 Å². The molecule has 1 aliphatic rings. The number of ether oxygens (including phenoxy) is 1. The van der Waals surface area contributed by atoms with Crippen LogP contribution in [-0.4, -0.2) is 24.3 Å². The van der Waals surface area contributed by atoms with Crippen molar-refractivity contribution in [3.05, 3.63) is 50.9 Å². The van der Waals surface area contributed by atoms with E-state index in [0.29, 0.717) is 40.6 Å². The van der Waals surface area contributed by atoms with Crippen LogP contribution in [0.1, 0.15) is 47.2 Å². The quantitative estimate of drug-likeness (QED) is 0.681. The zero-order valence-electron chi connectivity index (χ0n) is 15.4. The Morgan fingerprint density at radius 3 is 2.82 bits per heavy atom. The molecule has 1 aromatic heterocycles. The summed E-state index contributed by atoms with van der Waals surface area (Å²) in [4.78, 5) is 24.2. The van der Waals surface area contributed by atoms with Crippen molar-refractivity contribution in [2.24, 2.45) is 5.10 Å². The fraction of sp³-hybridized carbons (Fsp3) is 0.316. The van der Waals surface area contributed by atoms with Crippen molar-refractivity contribution >= 4 is 46.6 Å². The molecule has 1 aliphatic carbocycles. The standard InChI is InChI=1S/C19H19Cl2N3O4/c1-3-27-19(26)24-23-12-7-5-9-14-15(12)10(2)17(28-14)18(25)22-13-8-4-6-11(20)16(13)21/h4,6,8H,3,5,7,9H2,1-2H3,(H,22,25)(H,24,26)/b23-12+. The number of hydrogen-bond acceptors (Lipinski definition) is 5. The molecule has 3 rings (SSSR count). The van der Waals surface area contributed by atoms with Gasteiger partial charge in [0.05, 0.1) is 28.1 Å². The van der Waals surface area contributed by atoms with E-state index in [1.807, 2.05) is 0 Å². The third-order valence-corrected chi connectivity index (χ3v) is 5.11. The third kappa shape index (κ3) is 4.15. The second-order valence-corrected chi connectivity index (χ2v) is 6.94. The fourth-order valence-corrected chi connectivity index (χ4v) is 3.40. The van der Waals surface area contributed by atoms with Crippen LogP contribution in [0.25, 0.3) is 0 Å². The van der Waals surface area contributed by atoms with Crippen LogP contribution in [-0.2, 0) is 11.2 Å². The molecule has 1 aromatic carbocycles. The lowest BCUT2D eigenvalue weighted by molar-refractivity contribution is 0.0994. The number of aryl methyl sites for hydroxylation is 1. The molecule has 0 unspecified atom stereocenters. The van der Waals surface area contributed by atoms with Crippen molar-refractivity contribution in [1.82, 2.24) is 5.43 Å². The molecule has 0 atom stereocenters. The number of nitrogens with zero attached hydrogens (tertiary/aromatic N) is 1. The molecule has 2 aromatic rings. The maximum atomic E-state index is 12.7. The molecule has 1 heterocycles. The molecular weight excluding hydrogens is 405 g/mol. The average Bonchev–Trinajstić information content (AvgIpc) is 3.01. The average molecular weight is 424 g/mol. The number of benzene rings is 1. The van der Waals surface area contributed by atoms with Crippen molar-refractivity contribution < 1.29 is 18.7 Å². The Morgan fingerprint density at radius 1 is 1.29 bits per heavy atom. The summed E-state index contributed by atoms with van der Waals surface area (Å²) in [6, 6.07) is 4.98. The van der Waals surface area contributed by atoms with Crippen molar-refractivity contribution in [2.75, 3.05) is 11.9 Å². The van der Waals surface area contributed by atoms with Gasteiger partial charge in [-0.05, 0) is 38.8 Å². The number of carbonyl (C=O) groups excluding carboxylic acids is 2. The first-order chi connectivity index (χ1) is 13.4. The van der Waals surface area contributed by atoms with E-state index in [4.69, 9.17) is 32.4 Å². The van der Waals surface area contributed by atoms with Crippen molar-refractivity contribution in [3.63, 3.8) is 0 Å². The monoisotopic (exact) mass is 423 g/mol. The highest BCUT2D eigenvalue weighted by molar-refractivity contribution is 6.44. The molecular formula is C19H19Cl2N3O4. The molecule has 9 heteroatoms. The number of fused-ring (bicyclic) bond motifs is 1. The minimum Gasteiger partial charge on any atom is -0.455 e. The van der Waals surface area contributed by atoms with Gasteiger partial charge in [0.15, 0.2) is 5.76 Å². The van der Waals surface area contributed by atoms with Gasteiger partial charge in [0.2, 0.25) is 0 Å². The molecule has 0 aliphatic heterocycles. The van der Waals surface area contributed by atoms with E-state index in [-0.39, 0.29) is 17.4 Å². The second kappa shape index (κ2) is 8.67. The van der Waals surface area contributed by atoms with E-state index in [1.54, 1.807) is 32.0 Å². The summed E-state index contributed by atoms with van der Waals surface area (Å²) in [6.07, 6.45) is 1.50. The van der Waals surface area contributed by atoms with Crippen LogP contribution < -0.4 is 10.7 Å². The molecule has 0 spiro atoms. The zero-order chi connectivity index (χ0) is 20.3. The summed E-state index contributed by atoms with van der Waals surface area (Å²) < 4.78 is 10.6. The van der Waals surface area contributed by atoms with E-state index in [2.05, 4.69) is 15.8 Å². The number of halogens is 2. The van der Waals surface area contributed by atoms with Gasteiger partial charge < -0.3 is 14.5 Å². The van der Waals surface area contributed by atoms with Gasteiger partial charge >= 0.3 is 6.09 Å². The predicted molar refractivity (Wildman–Crippen MR) is 107 cm³/mol. The van der Waals surface area contributed by atoms with E-state index >= 15 is 0 Å². The number of anilines is 1. The third-order valence-electron chi connectivity index (χ3n) is 4.29.